The van der Waals surface area contributed by atoms with Gasteiger partial charge in [-0.25, -0.2) is 0 Å². The number of methoxy groups -OCH3 is 1. The van der Waals surface area contributed by atoms with Crippen molar-refractivity contribution in [2.75, 3.05) is 34.5 Å². The van der Waals surface area contributed by atoms with Crippen LogP contribution >= 0.6 is 0 Å². The van der Waals surface area contributed by atoms with Crippen LogP contribution in [0.5, 0.6) is 17.2 Å². The van der Waals surface area contributed by atoms with E-state index >= 15 is 0 Å². The largest absolute Gasteiger partial charge is 1.00 e. The maximum Gasteiger partial charge on any atom is 0.231 e. The molecule has 4 rings (SSSR count). The summed E-state index contributed by atoms with van der Waals surface area (Å²) in [6, 6.07) is 2.17. The minimum atomic E-state index is 0. The molecule has 2 atom stereocenters. The molecule has 1 aliphatic carbocycles. The van der Waals surface area contributed by atoms with Gasteiger partial charge in [0.2, 0.25) is 12.5 Å². The molecule has 0 bridgehead atoms. The highest BCUT2D eigenvalue weighted by molar-refractivity contribution is 5.82. The van der Waals surface area contributed by atoms with Gasteiger partial charge in [0.25, 0.3) is 0 Å². The van der Waals surface area contributed by atoms with Gasteiger partial charge in [-0.05, 0) is 37.8 Å². The smallest absolute Gasteiger partial charge is 0.231 e. The normalized spacial score (nSPS) is 24.6. The summed E-state index contributed by atoms with van der Waals surface area (Å²) in [5.74, 6) is 2.73. The first kappa shape index (κ1) is 21.4. The number of hydrogen-bond donors (Lipinski definition) is 0. The molecule has 28 heavy (non-hydrogen) atoms. The standard InChI is InChI=1S/C22H30NO4.HI/c1-14-5-7-15(8-6-14)18(24)12-17-20-16(9-10-23(17,2)3)11-19-21(22(20)25-4)27-13-26-19;/h5,11,15,17H,6-10,12-13H2,1-4H3;1H/q+1;/p-1. The molecule has 0 radical (unpaired) electrons. The van der Waals surface area contributed by atoms with E-state index in [0.717, 1.165) is 53.8 Å². The highest BCUT2D eigenvalue weighted by Crippen LogP contribution is 2.51. The van der Waals surface area contributed by atoms with Crippen molar-refractivity contribution in [2.24, 2.45) is 5.92 Å². The zero-order chi connectivity index (χ0) is 19.2. The molecule has 154 valence electrons. The maximum absolute atomic E-state index is 13.2. The number of carbonyl (C=O) groups excluding carboxylic acids is 1. The van der Waals surface area contributed by atoms with E-state index < -0.39 is 0 Å². The van der Waals surface area contributed by atoms with Gasteiger partial charge in [0.05, 0.1) is 39.7 Å². The lowest BCUT2D eigenvalue weighted by molar-refractivity contribution is -0.922. The molecule has 5 nitrogen and oxygen atoms in total. The van der Waals surface area contributed by atoms with Gasteiger partial charge in [-0.2, -0.15) is 0 Å². The summed E-state index contributed by atoms with van der Waals surface area (Å²) >= 11 is 0. The molecule has 0 aromatic heterocycles. The maximum atomic E-state index is 13.2. The van der Waals surface area contributed by atoms with Gasteiger partial charge in [-0.15, -0.1) is 0 Å². The second-order valence-corrected chi connectivity index (χ2v) is 8.68. The van der Waals surface area contributed by atoms with Crippen LogP contribution < -0.4 is 38.2 Å². The summed E-state index contributed by atoms with van der Waals surface area (Å²) in [5, 5.41) is 0. The Labute approximate surface area is 184 Å². The van der Waals surface area contributed by atoms with Crippen LogP contribution in [0.25, 0.3) is 0 Å². The van der Waals surface area contributed by atoms with Crippen LogP contribution in [0.4, 0.5) is 0 Å². The monoisotopic (exact) mass is 499 g/mol. The Balaban J connectivity index is 0.00000225. The number of carbonyl (C=O) groups is 1. The van der Waals surface area contributed by atoms with E-state index in [4.69, 9.17) is 14.2 Å². The van der Waals surface area contributed by atoms with Gasteiger partial charge in [-0.1, -0.05) is 11.6 Å². The van der Waals surface area contributed by atoms with E-state index in [2.05, 4.69) is 33.2 Å². The number of fused-ring (bicyclic) bond motifs is 2. The molecule has 0 saturated carbocycles. The van der Waals surface area contributed by atoms with Gasteiger partial charge in [0.15, 0.2) is 11.5 Å². The van der Waals surface area contributed by atoms with Crippen LogP contribution in [-0.2, 0) is 11.2 Å². The summed E-state index contributed by atoms with van der Waals surface area (Å²) in [6.07, 6.45) is 6.64. The molecule has 0 spiro atoms. The summed E-state index contributed by atoms with van der Waals surface area (Å²) in [7, 11) is 6.12. The molecule has 1 aromatic rings. The van der Waals surface area contributed by atoms with E-state index in [-0.39, 0.29) is 42.7 Å². The number of Topliss-reactive ketones (excluding diaryl/α,β-unsaturated/α-hetero) is 1. The van der Waals surface area contributed by atoms with Crippen LogP contribution in [0.15, 0.2) is 17.7 Å². The molecule has 2 aliphatic heterocycles. The van der Waals surface area contributed by atoms with E-state index in [1.165, 1.54) is 11.1 Å². The Hall–Kier alpha value is -1.28. The minimum Gasteiger partial charge on any atom is -1.00 e. The van der Waals surface area contributed by atoms with Crippen LogP contribution in [-0.4, -0.2) is 44.8 Å². The number of likely N-dealkylation sites (N-methyl/N-ethyl adjacent to an activating group) is 1. The molecular weight excluding hydrogens is 469 g/mol. The van der Waals surface area contributed by atoms with Gasteiger partial charge in [-0.3, -0.25) is 4.79 Å². The number of ketones is 1. The number of rotatable bonds is 4. The number of hydrogen-bond acceptors (Lipinski definition) is 4. The summed E-state index contributed by atoms with van der Waals surface area (Å²) in [4.78, 5) is 13.2. The Morgan fingerprint density at radius 1 is 1.29 bits per heavy atom. The summed E-state index contributed by atoms with van der Waals surface area (Å²) in [6.45, 7) is 3.38. The van der Waals surface area contributed by atoms with Gasteiger partial charge >= 0.3 is 0 Å². The Kier molecular flexibility index (Phi) is 6.29. The summed E-state index contributed by atoms with van der Waals surface area (Å²) in [5.41, 5.74) is 3.77. The summed E-state index contributed by atoms with van der Waals surface area (Å²) < 4.78 is 17.9. The van der Waals surface area contributed by atoms with Gasteiger partial charge in [0, 0.05) is 12.3 Å². The van der Waals surface area contributed by atoms with Crippen molar-refractivity contribution in [3.8, 4) is 17.2 Å². The topological polar surface area (TPSA) is 44.8 Å². The Morgan fingerprint density at radius 3 is 2.75 bits per heavy atom. The molecule has 0 fully saturated rings. The third-order valence-corrected chi connectivity index (χ3v) is 6.57. The molecule has 0 amide bonds. The second kappa shape index (κ2) is 8.22. The molecule has 0 saturated heterocycles. The molecular formula is C22H30INO4. The van der Waals surface area contributed by atoms with Crippen molar-refractivity contribution in [3.05, 3.63) is 28.8 Å². The highest BCUT2D eigenvalue weighted by Gasteiger charge is 2.43. The van der Waals surface area contributed by atoms with E-state index in [9.17, 15) is 4.79 Å². The van der Waals surface area contributed by atoms with Crippen molar-refractivity contribution in [2.45, 2.75) is 45.1 Å². The predicted octanol–water partition coefficient (Wildman–Crippen LogP) is 0.807. The third kappa shape index (κ3) is 3.77. The first-order valence-corrected chi connectivity index (χ1v) is 9.91. The highest BCUT2D eigenvalue weighted by atomic mass is 127. The fourth-order valence-corrected chi connectivity index (χ4v) is 4.73. The first-order valence-electron chi connectivity index (χ1n) is 9.91. The SMILES string of the molecule is COc1c2c(cc3c1C(CC(=O)C1CC=C(C)CC1)[N+](C)(C)CC3)OCO2.[I-]. The van der Waals surface area contributed by atoms with Crippen molar-refractivity contribution in [3.63, 3.8) is 0 Å². The van der Waals surface area contributed by atoms with Crippen molar-refractivity contribution < 1.29 is 47.5 Å². The quantitative estimate of drug-likeness (QED) is 0.350. The molecule has 6 heteroatoms. The molecule has 0 N–H and O–H groups in total. The molecule has 2 heterocycles. The molecule has 1 aromatic carbocycles. The van der Waals surface area contributed by atoms with E-state index in [1.54, 1.807) is 7.11 Å². The number of benzene rings is 1. The van der Waals surface area contributed by atoms with Crippen LogP contribution in [0, 0.1) is 5.92 Å². The van der Waals surface area contributed by atoms with Crippen molar-refractivity contribution in [1.82, 2.24) is 0 Å². The fraction of sp³-hybridized carbons (Fsp3) is 0.591. The lowest BCUT2D eigenvalue weighted by Gasteiger charge is -2.43. The Morgan fingerprint density at radius 2 is 2.07 bits per heavy atom. The van der Waals surface area contributed by atoms with Crippen LogP contribution in [0.2, 0.25) is 0 Å². The zero-order valence-electron chi connectivity index (χ0n) is 17.2. The lowest BCUT2D eigenvalue weighted by atomic mass is 9.81. The Bertz CT molecular complexity index is 802. The lowest BCUT2D eigenvalue weighted by Crippen LogP contribution is -3.00. The minimum absolute atomic E-state index is 0. The number of ether oxygens (including phenoxy) is 3. The van der Waals surface area contributed by atoms with E-state index in [0.29, 0.717) is 18.0 Å². The van der Waals surface area contributed by atoms with Crippen molar-refractivity contribution in [1.29, 1.82) is 0 Å². The first-order chi connectivity index (χ1) is 12.9. The second-order valence-electron chi connectivity index (χ2n) is 8.68. The van der Waals surface area contributed by atoms with Crippen molar-refractivity contribution >= 4 is 5.78 Å². The average Bonchev–Trinajstić information content (AvgIpc) is 3.11. The van der Waals surface area contributed by atoms with Gasteiger partial charge < -0.3 is 42.7 Å². The fourth-order valence-electron chi connectivity index (χ4n) is 4.73. The number of allylic oxidation sites excluding steroid dienone is 2. The zero-order valence-corrected chi connectivity index (χ0v) is 19.4. The van der Waals surface area contributed by atoms with Gasteiger partial charge in [0.1, 0.15) is 11.8 Å². The number of halogens is 1. The average molecular weight is 499 g/mol. The third-order valence-electron chi connectivity index (χ3n) is 6.57. The predicted molar refractivity (Wildman–Crippen MR) is 103 cm³/mol. The molecule has 2 unspecified atom stereocenters. The van der Waals surface area contributed by atoms with Crippen LogP contribution in [0.1, 0.15) is 49.8 Å². The molecule has 3 aliphatic rings. The van der Waals surface area contributed by atoms with E-state index in [1.807, 2.05) is 0 Å². The number of nitrogens with zero attached hydrogens (tertiary/aromatic N) is 1. The number of quaternary nitrogens is 1. The van der Waals surface area contributed by atoms with Crippen LogP contribution in [0.3, 0.4) is 0 Å².